The molecular formula is C7H12O3. The zero-order chi connectivity index (χ0) is 7.56. The van der Waals surface area contributed by atoms with Crippen LogP contribution >= 0.6 is 0 Å². The van der Waals surface area contributed by atoms with Crippen molar-refractivity contribution in [1.82, 2.24) is 0 Å². The van der Waals surface area contributed by atoms with Crippen molar-refractivity contribution in [3.8, 4) is 0 Å². The summed E-state index contributed by atoms with van der Waals surface area (Å²) in [7, 11) is 0. The summed E-state index contributed by atoms with van der Waals surface area (Å²) in [5.74, 6) is -0.672. The van der Waals surface area contributed by atoms with E-state index in [1.54, 1.807) is 0 Å². The van der Waals surface area contributed by atoms with Crippen LogP contribution in [0.25, 0.3) is 0 Å². The molecule has 0 spiro atoms. The molecule has 0 aromatic rings. The molecule has 0 amide bonds. The van der Waals surface area contributed by atoms with E-state index < -0.39 is 5.97 Å². The third kappa shape index (κ3) is 1.48. The summed E-state index contributed by atoms with van der Waals surface area (Å²) in [6, 6.07) is 0. The SMILES string of the molecule is O=C(O)[C@@H]1CC[C@H](CO)C1. The molecule has 1 fully saturated rings. The highest BCUT2D eigenvalue weighted by Gasteiger charge is 2.28. The van der Waals surface area contributed by atoms with Gasteiger partial charge in [-0.2, -0.15) is 0 Å². The second-order valence-corrected chi connectivity index (χ2v) is 2.90. The number of rotatable bonds is 2. The lowest BCUT2D eigenvalue weighted by molar-refractivity contribution is -0.141. The first-order valence-electron chi connectivity index (χ1n) is 3.57. The minimum atomic E-state index is -0.712. The van der Waals surface area contributed by atoms with E-state index in [2.05, 4.69) is 0 Å². The molecule has 0 radical (unpaired) electrons. The minimum absolute atomic E-state index is 0.143. The average Bonchev–Trinajstić information content (AvgIpc) is 2.34. The molecule has 2 atom stereocenters. The molecule has 58 valence electrons. The highest BCUT2D eigenvalue weighted by molar-refractivity contribution is 5.70. The maximum atomic E-state index is 10.4. The number of aliphatic hydroxyl groups excluding tert-OH is 1. The molecule has 1 aliphatic rings. The highest BCUT2D eigenvalue weighted by atomic mass is 16.4. The Morgan fingerprint density at radius 1 is 1.50 bits per heavy atom. The molecule has 2 N–H and O–H groups in total. The molecule has 0 saturated heterocycles. The predicted molar refractivity (Wildman–Crippen MR) is 35.6 cm³/mol. The van der Waals surface area contributed by atoms with Crippen LogP contribution in [-0.4, -0.2) is 22.8 Å². The Morgan fingerprint density at radius 2 is 2.20 bits per heavy atom. The Hall–Kier alpha value is -0.570. The van der Waals surface area contributed by atoms with Gasteiger partial charge >= 0.3 is 5.97 Å². The molecule has 0 aromatic carbocycles. The van der Waals surface area contributed by atoms with Gasteiger partial charge in [0.1, 0.15) is 0 Å². The lowest BCUT2D eigenvalue weighted by Gasteiger charge is -2.02. The normalized spacial score (nSPS) is 32.5. The molecule has 0 aromatic heterocycles. The van der Waals surface area contributed by atoms with E-state index in [-0.39, 0.29) is 18.4 Å². The van der Waals surface area contributed by atoms with Crippen LogP contribution in [0.5, 0.6) is 0 Å². The summed E-state index contributed by atoms with van der Waals surface area (Å²) < 4.78 is 0. The standard InChI is InChI=1S/C7H12O3/c8-4-5-1-2-6(3-5)7(9)10/h5-6,8H,1-4H2,(H,9,10)/t5-,6+/m0/s1. The van der Waals surface area contributed by atoms with Crippen LogP contribution in [0.2, 0.25) is 0 Å². The molecular weight excluding hydrogens is 132 g/mol. The summed E-state index contributed by atoms with van der Waals surface area (Å²) in [6.07, 6.45) is 2.26. The van der Waals surface area contributed by atoms with Gasteiger partial charge in [0.2, 0.25) is 0 Å². The molecule has 0 heterocycles. The monoisotopic (exact) mass is 144 g/mol. The third-order valence-electron chi connectivity index (χ3n) is 2.15. The smallest absolute Gasteiger partial charge is 0.306 e. The summed E-state index contributed by atoms with van der Waals surface area (Å²) in [5, 5.41) is 17.2. The van der Waals surface area contributed by atoms with Gasteiger partial charge in [0.25, 0.3) is 0 Å². The summed E-state index contributed by atoms with van der Waals surface area (Å²) in [5.41, 5.74) is 0. The van der Waals surface area contributed by atoms with Crippen molar-refractivity contribution in [1.29, 1.82) is 0 Å². The van der Waals surface area contributed by atoms with E-state index in [0.29, 0.717) is 6.42 Å². The van der Waals surface area contributed by atoms with Gasteiger partial charge < -0.3 is 10.2 Å². The first kappa shape index (κ1) is 7.54. The van der Waals surface area contributed by atoms with E-state index in [1.807, 2.05) is 0 Å². The summed E-state index contributed by atoms with van der Waals surface area (Å²) in [6.45, 7) is 0.143. The molecule has 1 aliphatic carbocycles. The molecule has 1 saturated carbocycles. The quantitative estimate of drug-likeness (QED) is 0.592. The first-order valence-corrected chi connectivity index (χ1v) is 3.57. The van der Waals surface area contributed by atoms with Gasteiger partial charge in [-0.1, -0.05) is 0 Å². The fourth-order valence-electron chi connectivity index (χ4n) is 1.47. The molecule has 10 heavy (non-hydrogen) atoms. The fraction of sp³-hybridized carbons (Fsp3) is 0.857. The van der Waals surface area contributed by atoms with Crippen LogP contribution in [0.15, 0.2) is 0 Å². The molecule has 3 heteroatoms. The number of aliphatic carboxylic acids is 1. The van der Waals surface area contributed by atoms with Crippen LogP contribution in [0.3, 0.4) is 0 Å². The molecule has 0 unspecified atom stereocenters. The fourth-order valence-corrected chi connectivity index (χ4v) is 1.47. The second kappa shape index (κ2) is 3.01. The van der Waals surface area contributed by atoms with Crippen LogP contribution in [-0.2, 0) is 4.79 Å². The summed E-state index contributed by atoms with van der Waals surface area (Å²) in [4.78, 5) is 10.4. The van der Waals surface area contributed by atoms with E-state index in [1.165, 1.54) is 0 Å². The maximum Gasteiger partial charge on any atom is 0.306 e. The zero-order valence-corrected chi connectivity index (χ0v) is 5.79. The molecule has 3 nitrogen and oxygen atoms in total. The lowest BCUT2D eigenvalue weighted by atomic mass is 10.1. The summed E-state index contributed by atoms with van der Waals surface area (Å²) >= 11 is 0. The molecule has 1 rings (SSSR count). The Morgan fingerprint density at radius 3 is 2.50 bits per heavy atom. The predicted octanol–water partition coefficient (Wildman–Crippen LogP) is 0.480. The van der Waals surface area contributed by atoms with Gasteiger partial charge in [-0.05, 0) is 25.2 Å². The van der Waals surface area contributed by atoms with Gasteiger partial charge in [0.05, 0.1) is 5.92 Å². The van der Waals surface area contributed by atoms with E-state index in [9.17, 15) is 4.79 Å². The highest BCUT2D eigenvalue weighted by Crippen LogP contribution is 2.30. The third-order valence-corrected chi connectivity index (χ3v) is 2.15. The van der Waals surface area contributed by atoms with E-state index in [0.717, 1.165) is 12.8 Å². The second-order valence-electron chi connectivity index (χ2n) is 2.90. The Bertz CT molecular complexity index is 133. The van der Waals surface area contributed by atoms with Crippen molar-refractivity contribution in [2.24, 2.45) is 11.8 Å². The lowest BCUT2D eigenvalue weighted by Crippen LogP contribution is -2.10. The average molecular weight is 144 g/mol. The number of carbonyl (C=O) groups is 1. The van der Waals surface area contributed by atoms with Gasteiger partial charge in [-0.25, -0.2) is 0 Å². The molecule has 0 aliphatic heterocycles. The van der Waals surface area contributed by atoms with Crippen LogP contribution in [0.4, 0.5) is 0 Å². The number of hydrogen-bond donors (Lipinski definition) is 2. The van der Waals surface area contributed by atoms with Gasteiger partial charge in [-0.3, -0.25) is 4.79 Å². The first-order chi connectivity index (χ1) is 4.74. The Balaban J connectivity index is 2.35. The van der Waals surface area contributed by atoms with Crippen molar-refractivity contribution < 1.29 is 15.0 Å². The van der Waals surface area contributed by atoms with Crippen molar-refractivity contribution in [3.05, 3.63) is 0 Å². The van der Waals surface area contributed by atoms with Crippen molar-refractivity contribution in [2.45, 2.75) is 19.3 Å². The van der Waals surface area contributed by atoms with Crippen LogP contribution < -0.4 is 0 Å². The number of aliphatic hydroxyl groups is 1. The van der Waals surface area contributed by atoms with Gasteiger partial charge in [0.15, 0.2) is 0 Å². The largest absolute Gasteiger partial charge is 0.481 e. The van der Waals surface area contributed by atoms with Gasteiger partial charge in [-0.15, -0.1) is 0 Å². The van der Waals surface area contributed by atoms with Crippen molar-refractivity contribution >= 4 is 5.97 Å². The maximum absolute atomic E-state index is 10.4. The topological polar surface area (TPSA) is 57.5 Å². The van der Waals surface area contributed by atoms with Gasteiger partial charge in [0, 0.05) is 6.61 Å². The number of carboxylic acids is 1. The van der Waals surface area contributed by atoms with E-state index in [4.69, 9.17) is 10.2 Å². The van der Waals surface area contributed by atoms with Crippen molar-refractivity contribution in [3.63, 3.8) is 0 Å². The van der Waals surface area contributed by atoms with Crippen molar-refractivity contribution in [2.75, 3.05) is 6.61 Å². The minimum Gasteiger partial charge on any atom is -0.481 e. The van der Waals surface area contributed by atoms with Crippen LogP contribution in [0, 0.1) is 11.8 Å². The Labute approximate surface area is 59.7 Å². The number of carboxylic acid groups (broad SMARTS) is 1. The zero-order valence-electron chi connectivity index (χ0n) is 5.79. The van der Waals surface area contributed by atoms with Crippen LogP contribution in [0.1, 0.15) is 19.3 Å². The van der Waals surface area contributed by atoms with E-state index >= 15 is 0 Å². The Kier molecular flexibility index (Phi) is 2.27. The molecule has 0 bridgehead atoms. The number of hydrogen-bond acceptors (Lipinski definition) is 2.